The van der Waals surface area contributed by atoms with Gasteiger partial charge in [0, 0.05) is 23.2 Å². The molecule has 17 heavy (non-hydrogen) atoms. The fourth-order valence-corrected chi connectivity index (χ4v) is 2.38. The van der Waals surface area contributed by atoms with E-state index >= 15 is 0 Å². The van der Waals surface area contributed by atoms with E-state index in [1.54, 1.807) is 11.3 Å². The number of hydrogen-bond acceptors (Lipinski definition) is 3. The number of nitrogens with one attached hydrogen (secondary N) is 1. The number of rotatable bonds is 4. The van der Waals surface area contributed by atoms with Gasteiger partial charge in [0.2, 0.25) is 0 Å². The van der Waals surface area contributed by atoms with E-state index in [2.05, 4.69) is 24.1 Å². The van der Waals surface area contributed by atoms with E-state index in [9.17, 15) is 4.39 Å². The Morgan fingerprint density at radius 3 is 2.47 bits per heavy atom. The van der Waals surface area contributed by atoms with Crippen LogP contribution in [0.3, 0.4) is 0 Å². The average Bonchev–Trinajstić information content (AvgIpc) is 2.83. The van der Waals surface area contributed by atoms with Gasteiger partial charge in [-0.15, -0.1) is 11.3 Å². The van der Waals surface area contributed by atoms with Crippen molar-refractivity contribution in [3.05, 3.63) is 52.2 Å². The molecule has 0 aliphatic heterocycles. The number of halogens is 1. The van der Waals surface area contributed by atoms with Gasteiger partial charge in [0.05, 0.1) is 5.51 Å². The Hall–Kier alpha value is -1.26. The first kappa shape index (κ1) is 12.2. The normalized spacial score (nSPS) is 14.5. The molecule has 4 heteroatoms. The summed E-state index contributed by atoms with van der Waals surface area (Å²) >= 11 is 1.64. The Morgan fingerprint density at radius 1 is 1.18 bits per heavy atom. The lowest BCUT2D eigenvalue weighted by Crippen LogP contribution is -2.21. The Kier molecular flexibility index (Phi) is 3.86. The fourth-order valence-electron chi connectivity index (χ4n) is 1.74. The standard InChI is InChI=1S/C13H15FN2S/c1-9(11-3-5-12(14)6-4-11)16-10(2)13-7-15-8-17-13/h3-10,16H,1-2H3/t9-,10?/m0/s1. The van der Waals surface area contributed by atoms with Gasteiger partial charge in [-0.1, -0.05) is 12.1 Å². The molecular formula is C13H15FN2S. The maximum absolute atomic E-state index is 12.8. The Bertz CT molecular complexity index is 453. The molecule has 2 nitrogen and oxygen atoms in total. The maximum atomic E-state index is 12.8. The summed E-state index contributed by atoms with van der Waals surface area (Å²) in [6.07, 6.45) is 1.87. The molecular weight excluding hydrogens is 235 g/mol. The molecule has 1 aromatic carbocycles. The van der Waals surface area contributed by atoms with Gasteiger partial charge in [0.15, 0.2) is 0 Å². The van der Waals surface area contributed by atoms with Crippen LogP contribution in [0.15, 0.2) is 36.0 Å². The van der Waals surface area contributed by atoms with E-state index in [0.29, 0.717) is 0 Å². The van der Waals surface area contributed by atoms with Crippen LogP contribution in [0, 0.1) is 5.82 Å². The summed E-state index contributed by atoms with van der Waals surface area (Å²) in [5.41, 5.74) is 2.92. The number of thiazole rings is 1. The van der Waals surface area contributed by atoms with Gasteiger partial charge in [0.1, 0.15) is 5.82 Å². The molecule has 2 rings (SSSR count). The highest BCUT2D eigenvalue weighted by Gasteiger charge is 2.12. The molecule has 0 bridgehead atoms. The minimum absolute atomic E-state index is 0.188. The number of hydrogen-bond donors (Lipinski definition) is 1. The molecule has 0 aliphatic rings. The van der Waals surface area contributed by atoms with Crippen molar-refractivity contribution in [2.75, 3.05) is 0 Å². The lowest BCUT2D eigenvalue weighted by molar-refractivity contribution is 0.498. The van der Waals surface area contributed by atoms with Crippen LogP contribution in [0.2, 0.25) is 0 Å². The highest BCUT2D eigenvalue weighted by molar-refractivity contribution is 7.09. The van der Waals surface area contributed by atoms with Crippen molar-refractivity contribution in [3.63, 3.8) is 0 Å². The second kappa shape index (κ2) is 5.38. The van der Waals surface area contributed by atoms with Crippen LogP contribution < -0.4 is 5.32 Å². The van der Waals surface area contributed by atoms with Crippen LogP contribution in [-0.4, -0.2) is 4.98 Å². The zero-order chi connectivity index (χ0) is 12.3. The minimum atomic E-state index is -0.198. The van der Waals surface area contributed by atoms with Gasteiger partial charge in [-0.25, -0.2) is 4.39 Å². The third-order valence-electron chi connectivity index (χ3n) is 2.75. The first-order chi connectivity index (χ1) is 8.16. The van der Waals surface area contributed by atoms with Crippen molar-refractivity contribution in [2.24, 2.45) is 0 Å². The van der Waals surface area contributed by atoms with Crippen LogP contribution in [0.25, 0.3) is 0 Å². The van der Waals surface area contributed by atoms with Crippen LogP contribution in [0.1, 0.15) is 36.4 Å². The molecule has 1 aromatic heterocycles. The summed E-state index contributed by atoms with van der Waals surface area (Å²) in [6, 6.07) is 7.05. The van der Waals surface area contributed by atoms with E-state index in [-0.39, 0.29) is 17.9 Å². The molecule has 0 fully saturated rings. The van der Waals surface area contributed by atoms with Gasteiger partial charge in [-0.3, -0.25) is 4.98 Å². The van der Waals surface area contributed by atoms with Gasteiger partial charge in [-0.05, 0) is 31.5 Å². The predicted octanol–water partition coefficient (Wildman–Crippen LogP) is 3.69. The van der Waals surface area contributed by atoms with E-state index in [0.717, 1.165) is 5.56 Å². The summed E-state index contributed by atoms with van der Waals surface area (Å²) in [7, 11) is 0. The quantitative estimate of drug-likeness (QED) is 0.895. The van der Waals surface area contributed by atoms with Gasteiger partial charge in [0.25, 0.3) is 0 Å². The highest BCUT2D eigenvalue weighted by atomic mass is 32.1. The van der Waals surface area contributed by atoms with Gasteiger partial charge >= 0.3 is 0 Å². The van der Waals surface area contributed by atoms with Gasteiger partial charge in [-0.2, -0.15) is 0 Å². The largest absolute Gasteiger partial charge is 0.303 e. The molecule has 0 radical (unpaired) electrons. The molecule has 90 valence electrons. The average molecular weight is 250 g/mol. The first-order valence-electron chi connectivity index (χ1n) is 5.56. The third kappa shape index (κ3) is 3.11. The molecule has 0 saturated carbocycles. The number of benzene rings is 1. The number of aromatic nitrogens is 1. The molecule has 2 atom stereocenters. The zero-order valence-electron chi connectivity index (χ0n) is 9.85. The molecule has 0 spiro atoms. The SMILES string of the molecule is CC(N[C@@H](C)c1ccc(F)cc1)c1cncs1. The monoisotopic (exact) mass is 250 g/mol. The number of nitrogens with zero attached hydrogens (tertiary/aromatic N) is 1. The van der Waals surface area contributed by atoms with Crippen LogP contribution in [0.5, 0.6) is 0 Å². The van der Waals surface area contributed by atoms with E-state index in [1.165, 1.54) is 17.0 Å². The Balaban J connectivity index is 2.01. The summed E-state index contributed by atoms with van der Waals surface area (Å²) in [5.74, 6) is -0.198. The molecule has 1 N–H and O–H groups in total. The summed E-state index contributed by atoms with van der Waals surface area (Å²) in [4.78, 5) is 5.27. The predicted molar refractivity (Wildman–Crippen MR) is 68.5 cm³/mol. The Labute approximate surface area is 105 Å². The Morgan fingerprint density at radius 2 is 1.88 bits per heavy atom. The molecule has 0 saturated heterocycles. The van der Waals surface area contributed by atoms with Gasteiger partial charge < -0.3 is 5.32 Å². The molecule has 2 aromatic rings. The van der Waals surface area contributed by atoms with Crippen molar-refractivity contribution in [2.45, 2.75) is 25.9 Å². The van der Waals surface area contributed by atoms with Crippen molar-refractivity contribution < 1.29 is 4.39 Å². The topological polar surface area (TPSA) is 24.9 Å². The molecule has 1 heterocycles. The van der Waals surface area contributed by atoms with Crippen molar-refractivity contribution in [1.82, 2.24) is 10.3 Å². The second-order valence-electron chi connectivity index (χ2n) is 4.07. The van der Waals surface area contributed by atoms with E-state index < -0.39 is 0 Å². The second-order valence-corrected chi connectivity index (χ2v) is 4.98. The summed E-state index contributed by atoms with van der Waals surface area (Å²) < 4.78 is 12.8. The summed E-state index contributed by atoms with van der Waals surface area (Å²) in [5, 5.41) is 3.47. The minimum Gasteiger partial charge on any atom is -0.303 e. The van der Waals surface area contributed by atoms with Crippen LogP contribution in [-0.2, 0) is 0 Å². The van der Waals surface area contributed by atoms with E-state index in [1.807, 2.05) is 23.8 Å². The lowest BCUT2D eigenvalue weighted by atomic mass is 10.1. The van der Waals surface area contributed by atoms with E-state index in [4.69, 9.17) is 0 Å². The first-order valence-corrected chi connectivity index (χ1v) is 6.44. The lowest BCUT2D eigenvalue weighted by Gasteiger charge is -2.19. The summed E-state index contributed by atoms with van der Waals surface area (Å²) in [6.45, 7) is 4.18. The zero-order valence-corrected chi connectivity index (χ0v) is 10.7. The molecule has 1 unspecified atom stereocenters. The van der Waals surface area contributed by atoms with Crippen LogP contribution in [0.4, 0.5) is 4.39 Å². The molecule has 0 amide bonds. The maximum Gasteiger partial charge on any atom is 0.123 e. The highest BCUT2D eigenvalue weighted by Crippen LogP contribution is 2.21. The molecule has 0 aliphatic carbocycles. The van der Waals surface area contributed by atoms with Crippen molar-refractivity contribution in [3.8, 4) is 0 Å². The van der Waals surface area contributed by atoms with Crippen molar-refractivity contribution in [1.29, 1.82) is 0 Å². The fraction of sp³-hybridized carbons (Fsp3) is 0.308. The van der Waals surface area contributed by atoms with Crippen LogP contribution >= 0.6 is 11.3 Å². The van der Waals surface area contributed by atoms with Crippen molar-refractivity contribution >= 4 is 11.3 Å². The smallest absolute Gasteiger partial charge is 0.123 e. The third-order valence-corrected chi connectivity index (χ3v) is 3.71.